The Morgan fingerprint density at radius 3 is 1.16 bits per heavy atom. The third-order valence-electron chi connectivity index (χ3n) is 12.0. The van der Waals surface area contributed by atoms with Gasteiger partial charge in [-0.25, -0.2) is 19.8 Å². The van der Waals surface area contributed by atoms with E-state index in [9.17, 15) is 28.8 Å². The Hall–Kier alpha value is -6.12. The van der Waals surface area contributed by atoms with Crippen LogP contribution >= 0.6 is 22.7 Å². The van der Waals surface area contributed by atoms with Crippen LogP contribution in [-0.2, 0) is 31.9 Å². The highest BCUT2D eigenvalue weighted by atomic mass is 32.1. The molecule has 0 unspecified atom stereocenters. The van der Waals surface area contributed by atoms with Gasteiger partial charge in [-0.05, 0) is 69.4 Å². The van der Waals surface area contributed by atoms with Gasteiger partial charge in [0.1, 0.15) is 0 Å². The molecule has 0 aliphatic carbocycles. The molecule has 4 amide bonds. The van der Waals surface area contributed by atoms with Gasteiger partial charge in [0.05, 0.1) is 37.4 Å². The first kappa shape index (κ1) is 42.2. The zero-order valence-electron chi connectivity index (χ0n) is 35.3. The second kappa shape index (κ2) is 17.9. The molecule has 0 N–H and O–H groups in total. The van der Waals surface area contributed by atoms with Crippen molar-refractivity contribution in [3.05, 3.63) is 92.9 Å². The lowest BCUT2D eigenvalue weighted by Gasteiger charge is -2.28. The lowest BCUT2D eigenvalue weighted by Crippen LogP contribution is -2.40. The summed E-state index contributed by atoms with van der Waals surface area (Å²) in [4.78, 5) is 93.3. The van der Waals surface area contributed by atoms with Gasteiger partial charge in [0.15, 0.2) is 10.3 Å². The van der Waals surface area contributed by atoms with Crippen molar-refractivity contribution in [2.45, 2.75) is 97.3 Å². The average Bonchev–Trinajstić information content (AvgIpc) is 3.94. The number of rotatable bonds is 19. The third-order valence-corrected chi connectivity index (χ3v) is 13.8. The van der Waals surface area contributed by atoms with Gasteiger partial charge in [0.2, 0.25) is 0 Å². The number of carbonyl (C=O) groups excluding carboxylic acids is 6. The minimum Gasteiger partial charge on any atom is -0.465 e. The molecule has 0 bridgehead atoms. The molecule has 0 fully saturated rings. The monoisotopic (exact) mass is 882 g/mol. The van der Waals surface area contributed by atoms with E-state index in [2.05, 4.69) is 23.8 Å². The van der Waals surface area contributed by atoms with Crippen molar-refractivity contribution in [2.24, 2.45) is 0 Å². The number of ether oxygens (including phenoxy) is 2. The van der Waals surface area contributed by atoms with Gasteiger partial charge in [-0.3, -0.25) is 28.8 Å². The maximum absolute atomic E-state index is 14.2. The van der Waals surface area contributed by atoms with Crippen LogP contribution in [0.1, 0.15) is 137 Å². The quantitative estimate of drug-likeness (QED) is 0.0252. The molecule has 0 saturated heterocycles. The smallest absolute Gasteiger partial charge is 0.311 e. The Labute approximate surface area is 371 Å². The molecule has 0 atom stereocenters. The average molecular weight is 883 g/mol. The number of benzene rings is 5. The van der Waals surface area contributed by atoms with Gasteiger partial charge >= 0.3 is 11.9 Å². The van der Waals surface area contributed by atoms with Crippen LogP contribution in [0.25, 0.3) is 43.1 Å². The molecule has 2 aliphatic rings. The molecule has 322 valence electrons. The van der Waals surface area contributed by atoms with Crippen LogP contribution in [-0.4, -0.2) is 58.7 Å². The van der Waals surface area contributed by atoms with Gasteiger partial charge in [-0.2, -0.15) is 0 Å². The van der Waals surface area contributed by atoms with Crippen molar-refractivity contribution < 1.29 is 38.2 Å². The second-order valence-corrected chi connectivity index (χ2v) is 17.9. The summed E-state index contributed by atoms with van der Waals surface area (Å²) in [6.07, 6.45) is 11.6. The topological polar surface area (TPSA) is 153 Å². The minimum absolute atomic E-state index is 0.0612. The van der Waals surface area contributed by atoms with E-state index in [1.165, 1.54) is 19.3 Å². The van der Waals surface area contributed by atoms with Crippen molar-refractivity contribution in [3.63, 3.8) is 0 Å². The number of anilines is 2. The SMILES string of the molecule is CCCCCCCCOC(=O)Cc1csc(N2C(=O)c3ccc4c5ccc6c7c(ccc(c8ccc(c3c48)C2=O)c75)C(=O)N(c2nc(CC(=O)OCCCCCCC)cs2)C6=O)n1. The summed E-state index contributed by atoms with van der Waals surface area (Å²) in [5.74, 6) is -2.88. The number of aromatic nitrogens is 2. The number of hydrogen-bond donors (Lipinski definition) is 0. The highest BCUT2D eigenvalue weighted by molar-refractivity contribution is 7.14. The molecule has 7 aromatic rings. The van der Waals surface area contributed by atoms with Crippen molar-refractivity contribution in [1.82, 2.24) is 9.97 Å². The summed E-state index contributed by atoms with van der Waals surface area (Å²) < 4.78 is 10.8. The molecular formula is C49H46N4O8S2. The van der Waals surface area contributed by atoms with E-state index in [1.54, 1.807) is 35.0 Å². The van der Waals surface area contributed by atoms with Crippen LogP contribution in [0, 0.1) is 0 Å². The van der Waals surface area contributed by atoms with Gasteiger partial charge < -0.3 is 9.47 Å². The molecular weight excluding hydrogens is 837 g/mol. The van der Waals surface area contributed by atoms with Gasteiger partial charge in [0, 0.05) is 43.8 Å². The number of nitrogens with zero attached hydrogens (tertiary/aromatic N) is 4. The first-order valence-electron chi connectivity index (χ1n) is 21.9. The number of unbranched alkanes of at least 4 members (excludes halogenated alkanes) is 9. The third kappa shape index (κ3) is 7.73. The second-order valence-electron chi connectivity index (χ2n) is 16.3. The van der Waals surface area contributed by atoms with Crippen LogP contribution < -0.4 is 9.80 Å². The van der Waals surface area contributed by atoms with Crippen LogP contribution in [0.3, 0.4) is 0 Å². The highest BCUT2D eigenvalue weighted by Crippen LogP contribution is 2.47. The Bertz CT molecular complexity index is 2850. The van der Waals surface area contributed by atoms with Crippen molar-refractivity contribution in [2.75, 3.05) is 23.0 Å². The lowest BCUT2D eigenvalue weighted by molar-refractivity contribution is -0.144. The van der Waals surface area contributed by atoms with Crippen LogP contribution in [0.15, 0.2) is 59.3 Å². The maximum Gasteiger partial charge on any atom is 0.311 e. The zero-order valence-corrected chi connectivity index (χ0v) is 36.9. The summed E-state index contributed by atoms with van der Waals surface area (Å²) in [5, 5.41) is 9.29. The Kier molecular flexibility index (Phi) is 12.0. The number of thiazole rings is 2. The van der Waals surface area contributed by atoms with E-state index in [0.29, 0.717) is 57.6 Å². The molecule has 0 radical (unpaired) electrons. The predicted molar refractivity (Wildman–Crippen MR) is 246 cm³/mol. The van der Waals surface area contributed by atoms with Gasteiger partial charge in [-0.1, -0.05) is 95.9 Å². The predicted octanol–water partition coefficient (Wildman–Crippen LogP) is 10.8. The fourth-order valence-corrected chi connectivity index (χ4v) is 10.6. The van der Waals surface area contributed by atoms with Crippen LogP contribution in [0.4, 0.5) is 10.3 Å². The zero-order chi connectivity index (χ0) is 43.8. The summed E-state index contributed by atoms with van der Waals surface area (Å²) >= 11 is 2.24. The normalized spacial score (nSPS) is 13.7. The first-order chi connectivity index (χ1) is 30.7. The summed E-state index contributed by atoms with van der Waals surface area (Å²) in [6, 6.07) is 14.2. The maximum atomic E-state index is 14.2. The van der Waals surface area contributed by atoms with Gasteiger partial charge in [-0.15, -0.1) is 22.7 Å². The van der Waals surface area contributed by atoms with Gasteiger partial charge in [0.25, 0.3) is 23.6 Å². The van der Waals surface area contributed by atoms with E-state index in [1.807, 2.05) is 24.3 Å². The number of carbonyl (C=O) groups is 6. The molecule has 2 aromatic heterocycles. The first-order valence-corrected chi connectivity index (χ1v) is 23.6. The van der Waals surface area contributed by atoms with E-state index in [-0.39, 0.29) is 23.1 Å². The molecule has 0 saturated carbocycles. The minimum atomic E-state index is -0.519. The van der Waals surface area contributed by atoms with Crippen molar-refractivity contribution in [1.29, 1.82) is 0 Å². The molecule has 14 heteroatoms. The molecule has 2 aliphatic heterocycles. The van der Waals surface area contributed by atoms with Crippen LogP contribution in [0.2, 0.25) is 0 Å². The number of fused-ring (bicyclic) bond motifs is 2. The molecule has 4 heterocycles. The lowest BCUT2D eigenvalue weighted by atomic mass is 9.82. The molecule has 0 spiro atoms. The fourth-order valence-electron chi connectivity index (χ4n) is 8.93. The Morgan fingerprint density at radius 1 is 0.476 bits per heavy atom. The van der Waals surface area contributed by atoms with E-state index in [0.717, 1.165) is 116 Å². The summed E-state index contributed by atoms with van der Waals surface area (Å²) in [6.45, 7) is 5.01. The highest BCUT2D eigenvalue weighted by Gasteiger charge is 2.39. The number of esters is 2. The van der Waals surface area contributed by atoms with Crippen molar-refractivity contribution >= 4 is 112 Å². The Balaban J connectivity index is 0.969. The van der Waals surface area contributed by atoms with E-state index in [4.69, 9.17) is 9.47 Å². The number of amides is 4. The summed E-state index contributed by atoms with van der Waals surface area (Å²) in [7, 11) is 0. The fraction of sp³-hybridized carbons (Fsp3) is 0.347. The molecule has 12 nitrogen and oxygen atoms in total. The molecule has 9 rings (SSSR count). The standard InChI is InChI=1S/C49H46N4O8S2/c1-3-5-7-9-11-13-23-61-39(55)25-29-27-63-49(51-29)53-46(58)36-20-16-32-30-14-18-34-42-35(19-15-31(40(30)42)33-17-21-37(47(53)59)43(36)41(32)33)45(57)52(44(34)56)48-50-28(26-62-48)24-38(54)60-22-12-10-8-6-4-2/h14-21,26-27H,3-13,22-25H2,1-2H3. The largest absolute Gasteiger partial charge is 0.465 e. The Morgan fingerprint density at radius 2 is 0.810 bits per heavy atom. The number of hydrogen-bond acceptors (Lipinski definition) is 12. The van der Waals surface area contributed by atoms with E-state index < -0.39 is 35.6 Å². The van der Waals surface area contributed by atoms with E-state index >= 15 is 0 Å². The number of imide groups is 2. The van der Waals surface area contributed by atoms with Crippen molar-refractivity contribution in [3.8, 4) is 0 Å². The molecule has 63 heavy (non-hydrogen) atoms. The molecule has 5 aromatic carbocycles. The van der Waals surface area contributed by atoms with Crippen LogP contribution in [0.5, 0.6) is 0 Å². The summed E-state index contributed by atoms with van der Waals surface area (Å²) in [5.41, 5.74) is 2.21.